The number of anilines is 1. The molecule has 2 atom stereocenters. The zero-order valence-corrected chi connectivity index (χ0v) is 16.7. The second kappa shape index (κ2) is 8.41. The lowest BCUT2D eigenvalue weighted by Crippen LogP contribution is -2.21. The van der Waals surface area contributed by atoms with Crippen LogP contribution in [-0.4, -0.2) is 11.7 Å². The van der Waals surface area contributed by atoms with Crippen molar-refractivity contribution < 1.29 is 5.11 Å². The average molecular weight is 360 g/mol. The number of aliphatic hydroxyl groups excluding tert-OH is 1. The summed E-state index contributed by atoms with van der Waals surface area (Å²) in [5, 5.41) is 14.8. The maximum atomic E-state index is 11.1. The lowest BCUT2D eigenvalue weighted by Gasteiger charge is -2.26. The van der Waals surface area contributed by atoms with Crippen molar-refractivity contribution in [1.82, 2.24) is 0 Å². The highest BCUT2D eigenvalue weighted by atomic mass is 16.3. The summed E-state index contributed by atoms with van der Waals surface area (Å²) in [6.45, 7) is 9.13. The largest absolute Gasteiger partial charge is 0.388 e. The highest BCUT2D eigenvalue weighted by Crippen LogP contribution is 2.32. The van der Waals surface area contributed by atoms with Crippen molar-refractivity contribution in [3.05, 3.63) is 100 Å². The fourth-order valence-corrected chi connectivity index (χ4v) is 3.78. The molecule has 0 heterocycles. The normalized spacial score (nSPS) is 13.2. The summed E-state index contributed by atoms with van der Waals surface area (Å²) >= 11 is 0. The number of benzene rings is 3. The van der Waals surface area contributed by atoms with Crippen LogP contribution in [-0.2, 0) is 0 Å². The third-order valence-corrected chi connectivity index (χ3v) is 5.20. The summed E-state index contributed by atoms with van der Waals surface area (Å²) in [4.78, 5) is 0. The van der Waals surface area contributed by atoms with Gasteiger partial charge in [0.25, 0.3) is 0 Å². The van der Waals surface area contributed by atoms with Gasteiger partial charge >= 0.3 is 0 Å². The Morgan fingerprint density at radius 2 is 1.33 bits per heavy atom. The Morgan fingerprint density at radius 1 is 0.741 bits per heavy atom. The minimum absolute atomic E-state index is 0.0333. The van der Waals surface area contributed by atoms with Gasteiger partial charge < -0.3 is 10.4 Å². The molecule has 0 amide bonds. The molecule has 3 rings (SSSR count). The molecule has 2 unspecified atom stereocenters. The van der Waals surface area contributed by atoms with Gasteiger partial charge in [-0.3, -0.25) is 0 Å². The molecule has 0 aliphatic carbocycles. The van der Waals surface area contributed by atoms with Gasteiger partial charge in [0.05, 0.1) is 6.10 Å². The first-order chi connectivity index (χ1) is 13.0. The van der Waals surface area contributed by atoms with Crippen molar-refractivity contribution in [1.29, 1.82) is 0 Å². The van der Waals surface area contributed by atoms with Gasteiger partial charge in [-0.1, -0.05) is 77.9 Å². The topological polar surface area (TPSA) is 32.3 Å². The molecule has 0 fully saturated rings. The SMILES string of the molecule is Cc1ccc(C(O)C(CNc2c(C)cc(C)cc2C)c2ccccc2)cc1. The van der Waals surface area contributed by atoms with Gasteiger partial charge in [0.2, 0.25) is 0 Å². The second-order valence-electron chi connectivity index (χ2n) is 7.53. The monoisotopic (exact) mass is 359 g/mol. The third-order valence-electron chi connectivity index (χ3n) is 5.20. The molecule has 2 N–H and O–H groups in total. The number of nitrogens with one attached hydrogen (secondary N) is 1. The second-order valence-corrected chi connectivity index (χ2v) is 7.53. The Balaban J connectivity index is 1.88. The Labute approximate surface area is 162 Å². The number of hydrogen-bond donors (Lipinski definition) is 2. The van der Waals surface area contributed by atoms with E-state index in [0.29, 0.717) is 6.54 Å². The Morgan fingerprint density at radius 3 is 1.93 bits per heavy atom. The van der Waals surface area contributed by atoms with Crippen LogP contribution in [0.15, 0.2) is 66.7 Å². The molecule has 0 saturated carbocycles. The van der Waals surface area contributed by atoms with Crippen LogP contribution < -0.4 is 5.32 Å². The third kappa shape index (κ3) is 4.58. The number of aliphatic hydroxyl groups is 1. The summed E-state index contributed by atoms with van der Waals surface area (Å²) < 4.78 is 0. The molecule has 3 aromatic rings. The summed E-state index contributed by atoms with van der Waals surface area (Å²) in [7, 11) is 0. The fraction of sp³-hybridized carbons (Fsp3) is 0.280. The Bertz CT molecular complexity index is 861. The standard InChI is InChI=1S/C25H29NO/c1-17-10-12-22(13-11-17)25(27)23(21-8-6-5-7-9-21)16-26-24-19(3)14-18(2)15-20(24)4/h5-15,23,25-27H,16H2,1-4H3. The van der Waals surface area contributed by atoms with Gasteiger partial charge in [0.15, 0.2) is 0 Å². The van der Waals surface area contributed by atoms with Crippen LogP contribution in [0.4, 0.5) is 5.69 Å². The van der Waals surface area contributed by atoms with Crippen molar-refractivity contribution in [2.75, 3.05) is 11.9 Å². The van der Waals surface area contributed by atoms with Gasteiger partial charge in [0, 0.05) is 18.2 Å². The summed E-state index contributed by atoms with van der Waals surface area (Å²) in [6.07, 6.45) is -0.563. The molecule has 0 aliphatic rings. The molecule has 0 aromatic heterocycles. The van der Waals surface area contributed by atoms with E-state index in [4.69, 9.17) is 0 Å². The first kappa shape index (κ1) is 19.2. The predicted octanol–water partition coefficient (Wildman–Crippen LogP) is 5.85. The van der Waals surface area contributed by atoms with E-state index in [1.165, 1.54) is 22.3 Å². The number of aryl methyl sites for hydroxylation is 4. The van der Waals surface area contributed by atoms with Crippen LogP contribution >= 0.6 is 0 Å². The molecule has 3 aromatic carbocycles. The number of rotatable bonds is 6. The Hall–Kier alpha value is -2.58. The van der Waals surface area contributed by atoms with Crippen LogP contribution in [0, 0.1) is 27.7 Å². The molecule has 0 saturated heterocycles. The summed E-state index contributed by atoms with van der Waals surface area (Å²) in [5.74, 6) is -0.0333. The van der Waals surface area contributed by atoms with Crippen LogP contribution in [0.25, 0.3) is 0 Å². The van der Waals surface area contributed by atoms with E-state index in [1.807, 2.05) is 30.3 Å². The lowest BCUT2D eigenvalue weighted by molar-refractivity contribution is 0.149. The molecule has 2 heteroatoms. The van der Waals surface area contributed by atoms with Crippen LogP contribution in [0.2, 0.25) is 0 Å². The van der Waals surface area contributed by atoms with E-state index in [1.54, 1.807) is 0 Å². The molecular formula is C25H29NO. The molecule has 27 heavy (non-hydrogen) atoms. The van der Waals surface area contributed by atoms with E-state index in [-0.39, 0.29) is 5.92 Å². The quantitative estimate of drug-likeness (QED) is 0.578. The van der Waals surface area contributed by atoms with Crippen molar-refractivity contribution in [2.45, 2.75) is 39.7 Å². The predicted molar refractivity (Wildman–Crippen MR) is 114 cm³/mol. The van der Waals surface area contributed by atoms with Crippen molar-refractivity contribution >= 4 is 5.69 Å². The maximum Gasteiger partial charge on any atom is 0.0875 e. The van der Waals surface area contributed by atoms with Crippen LogP contribution in [0.3, 0.4) is 0 Å². The van der Waals surface area contributed by atoms with E-state index in [2.05, 4.69) is 69.4 Å². The lowest BCUT2D eigenvalue weighted by atomic mass is 9.88. The smallest absolute Gasteiger partial charge is 0.0875 e. The molecule has 0 bridgehead atoms. The number of hydrogen-bond acceptors (Lipinski definition) is 2. The van der Waals surface area contributed by atoms with E-state index < -0.39 is 6.10 Å². The fourth-order valence-electron chi connectivity index (χ4n) is 3.78. The zero-order chi connectivity index (χ0) is 19.4. The maximum absolute atomic E-state index is 11.1. The van der Waals surface area contributed by atoms with Gasteiger partial charge in [-0.2, -0.15) is 0 Å². The van der Waals surface area contributed by atoms with Crippen molar-refractivity contribution in [3.8, 4) is 0 Å². The van der Waals surface area contributed by atoms with Gasteiger partial charge in [-0.15, -0.1) is 0 Å². The molecule has 0 spiro atoms. The first-order valence-corrected chi connectivity index (χ1v) is 9.57. The molecule has 0 radical (unpaired) electrons. The highest BCUT2D eigenvalue weighted by molar-refractivity contribution is 5.58. The van der Waals surface area contributed by atoms with E-state index in [9.17, 15) is 5.11 Å². The van der Waals surface area contributed by atoms with E-state index >= 15 is 0 Å². The first-order valence-electron chi connectivity index (χ1n) is 9.57. The molecule has 2 nitrogen and oxygen atoms in total. The minimum atomic E-state index is -0.563. The average Bonchev–Trinajstić information content (AvgIpc) is 2.65. The van der Waals surface area contributed by atoms with Gasteiger partial charge in [0.1, 0.15) is 0 Å². The molecular weight excluding hydrogens is 330 g/mol. The van der Waals surface area contributed by atoms with Gasteiger partial charge in [-0.25, -0.2) is 0 Å². The highest BCUT2D eigenvalue weighted by Gasteiger charge is 2.23. The Kier molecular flexibility index (Phi) is 5.98. The van der Waals surface area contributed by atoms with Crippen molar-refractivity contribution in [2.24, 2.45) is 0 Å². The van der Waals surface area contributed by atoms with Crippen LogP contribution in [0.5, 0.6) is 0 Å². The minimum Gasteiger partial charge on any atom is -0.388 e. The zero-order valence-electron chi connectivity index (χ0n) is 16.7. The summed E-state index contributed by atoms with van der Waals surface area (Å²) in [6, 6.07) is 22.8. The van der Waals surface area contributed by atoms with E-state index in [0.717, 1.165) is 16.8 Å². The molecule has 140 valence electrons. The van der Waals surface area contributed by atoms with Crippen LogP contribution in [0.1, 0.15) is 45.4 Å². The molecule has 0 aliphatic heterocycles. The summed E-state index contributed by atoms with van der Waals surface area (Å²) in [5.41, 5.74) is 8.21. The van der Waals surface area contributed by atoms with Crippen molar-refractivity contribution in [3.63, 3.8) is 0 Å². The van der Waals surface area contributed by atoms with Gasteiger partial charge in [-0.05, 0) is 49.9 Å².